The topological polar surface area (TPSA) is 109 Å². The van der Waals surface area contributed by atoms with E-state index in [0.717, 1.165) is 18.9 Å². The molecule has 1 saturated carbocycles. The summed E-state index contributed by atoms with van der Waals surface area (Å²) in [6.45, 7) is 3.09. The third-order valence-corrected chi connectivity index (χ3v) is 5.54. The number of oxazole rings is 1. The van der Waals surface area contributed by atoms with E-state index in [1.807, 2.05) is 0 Å². The SMILES string of the molecule is O=C(NCc1nc(C(=O)NCC2CC2)co1)NC[C@H]1CN(Cc2ccc(F)c(F)c2)CCO1. The highest BCUT2D eigenvalue weighted by Crippen LogP contribution is 2.27. The van der Waals surface area contributed by atoms with Crippen molar-refractivity contribution >= 4 is 11.9 Å². The fraction of sp³-hybridized carbons (Fsp3) is 0.500. The molecule has 1 aliphatic heterocycles. The molecule has 1 aromatic carbocycles. The molecular formula is C22H27F2N5O4. The molecular weight excluding hydrogens is 436 g/mol. The first-order valence-corrected chi connectivity index (χ1v) is 11.0. The summed E-state index contributed by atoms with van der Waals surface area (Å²) in [5.41, 5.74) is 0.858. The Hall–Kier alpha value is -3.05. The van der Waals surface area contributed by atoms with Crippen molar-refractivity contribution in [3.8, 4) is 0 Å². The number of nitrogens with zero attached hydrogens (tertiary/aromatic N) is 2. The third-order valence-electron chi connectivity index (χ3n) is 5.54. The molecule has 2 aromatic rings. The minimum atomic E-state index is -0.869. The fourth-order valence-corrected chi connectivity index (χ4v) is 3.51. The van der Waals surface area contributed by atoms with Crippen LogP contribution in [-0.4, -0.2) is 60.7 Å². The average molecular weight is 463 g/mol. The number of nitrogens with one attached hydrogen (secondary N) is 3. The van der Waals surface area contributed by atoms with Crippen LogP contribution in [-0.2, 0) is 17.8 Å². The number of carbonyl (C=O) groups excluding carboxylic acids is 2. The Kier molecular flexibility index (Phi) is 7.50. The van der Waals surface area contributed by atoms with Gasteiger partial charge in [0.05, 0.1) is 19.3 Å². The van der Waals surface area contributed by atoms with Crippen molar-refractivity contribution in [1.29, 1.82) is 0 Å². The predicted octanol–water partition coefficient (Wildman–Crippen LogP) is 1.79. The molecule has 1 atom stereocenters. The first kappa shape index (κ1) is 23.1. The molecule has 1 aromatic heterocycles. The Bertz CT molecular complexity index is 981. The van der Waals surface area contributed by atoms with Gasteiger partial charge in [0.1, 0.15) is 6.26 Å². The number of amides is 3. The van der Waals surface area contributed by atoms with Gasteiger partial charge in [-0.1, -0.05) is 6.07 Å². The van der Waals surface area contributed by atoms with Crippen molar-refractivity contribution in [3.63, 3.8) is 0 Å². The summed E-state index contributed by atoms with van der Waals surface area (Å²) in [5, 5.41) is 8.17. The molecule has 4 rings (SSSR count). The minimum Gasteiger partial charge on any atom is -0.446 e. The van der Waals surface area contributed by atoms with Crippen LogP contribution in [0.1, 0.15) is 34.8 Å². The highest BCUT2D eigenvalue weighted by molar-refractivity contribution is 5.91. The molecule has 9 nitrogen and oxygen atoms in total. The van der Waals surface area contributed by atoms with Crippen LogP contribution in [0, 0.1) is 17.6 Å². The molecule has 2 fully saturated rings. The van der Waals surface area contributed by atoms with Crippen molar-refractivity contribution in [2.24, 2.45) is 5.92 Å². The predicted molar refractivity (Wildman–Crippen MR) is 113 cm³/mol. The van der Waals surface area contributed by atoms with Gasteiger partial charge >= 0.3 is 6.03 Å². The van der Waals surface area contributed by atoms with Crippen molar-refractivity contribution in [1.82, 2.24) is 25.8 Å². The van der Waals surface area contributed by atoms with Crippen LogP contribution in [0.5, 0.6) is 0 Å². The van der Waals surface area contributed by atoms with Gasteiger partial charge in [-0.25, -0.2) is 18.6 Å². The lowest BCUT2D eigenvalue weighted by Gasteiger charge is -2.33. The van der Waals surface area contributed by atoms with Crippen LogP contribution < -0.4 is 16.0 Å². The second-order valence-corrected chi connectivity index (χ2v) is 8.32. The van der Waals surface area contributed by atoms with Gasteiger partial charge in [0.25, 0.3) is 5.91 Å². The van der Waals surface area contributed by atoms with Gasteiger partial charge in [-0.15, -0.1) is 0 Å². The number of ether oxygens (including phenoxy) is 1. The highest BCUT2D eigenvalue weighted by atomic mass is 19.2. The fourth-order valence-electron chi connectivity index (χ4n) is 3.51. The van der Waals surface area contributed by atoms with Gasteiger partial charge in [-0.3, -0.25) is 9.69 Å². The Morgan fingerprint density at radius 2 is 1.97 bits per heavy atom. The lowest BCUT2D eigenvalue weighted by molar-refractivity contribution is -0.0287. The summed E-state index contributed by atoms with van der Waals surface area (Å²) in [4.78, 5) is 30.2. The summed E-state index contributed by atoms with van der Waals surface area (Å²) >= 11 is 0. The highest BCUT2D eigenvalue weighted by Gasteiger charge is 2.23. The number of hydrogen-bond donors (Lipinski definition) is 3. The summed E-state index contributed by atoms with van der Waals surface area (Å²) in [6, 6.07) is 3.44. The lowest BCUT2D eigenvalue weighted by Crippen LogP contribution is -2.48. The summed E-state index contributed by atoms with van der Waals surface area (Å²) in [5.74, 6) is -1.23. The molecule has 0 spiro atoms. The first-order chi connectivity index (χ1) is 16.0. The number of aromatic nitrogens is 1. The van der Waals surface area contributed by atoms with E-state index in [1.165, 1.54) is 12.3 Å². The minimum absolute atomic E-state index is 0.0372. The zero-order valence-corrected chi connectivity index (χ0v) is 18.1. The smallest absolute Gasteiger partial charge is 0.315 e. The summed E-state index contributed by atoms with van der Waals surface area (Å²) in [7, 11) is 0. The van der Waals surface area contributed by atoms with E-state index in [1.54, 1.807) is 6.07 Å². The number of halogens is 2. The Labute approximate surface area is 189 Å². The summed E-state index contributed by atoms with van der Waals surface area (Å²) < 4.78 is 37.4. The van der Waals surface area contributed by atoms with Crippen molar-refractivity contribution < 1.29 is 27.5 Å². The van der Waals surface area contributed by atoms with Crippen LogP contribution in [0.3, 0.4) is 0 Å². The van der Waals surface area contributed by atoms with Gasteiger partial charge < -0.3 is 25.1 Å². The second kappa shape index (κ2) is 10.7. The number of urea groups is 1. The quantitative estimate of drug-likeness (QED) is 0.523. The molecule has 2 aliphatic rings. The van der Waals surface area contributed by atoms with E-state index in [2.05, 4.69) is 25.8 Å². The van der Waals surface area contributed by atoms with Crippen LogP contribution in [0.15, 0.2) is 28.9 Å². The van der Waals surface area contributed by atoms with Gasteiger partial charge in [0.2, 0.25) is 5.89 Å². The maximum atomic E-state index is 13.4. The van der Waals surface area contributed by atoms with Crippen LogP contribution in [0.2, 0.25) is 0 Å². The van der Waals surface area contributed by atoms with Crippen molar-refractivity contribution in [2.45, 2.75) is 32.0 Å². The molecule has 0 unspecified atom stereocenters. The molecule has 1 saturated heterocycles. The van der Waals surface area contributed by atoms with Gasteiger partial charge in [-0.05, 0) is 36.5 Å². The zero-order valence-electron chi connectivity index (χ0n) is 18.1. The third kappa shape index (κ3) is 6.96. The molecule has 0 bridgehead atoms. The second-order valence-electron chi connectivity index (χ2n) is 8.32. The maximum Gasteiger partial charge on any atom is 0.315 e. The molecule has 11 heteroatoms. The van der Waals surface area contributed by atoms with E-state index in [9.17, 15) is 18.4 Å². The van der Waals surface area contributed by atoms with Gasteiger partial charge in [0, 0.05) is 32.7 Å². The Morgan fingerprint density at radius 3 is 2.76 bits per heavy atom. The average Bonchev–Trinajstić information content (AvgIpc) is 3.52. The number of rotatable bonds is 9. The van der Waals surface area contributed by atoms with E-state index in [0.29, 0.717) is 44.3 Å². The molecule has 2 heterocycles. The van der Waals surface area contributed by atoms with E-state index in [-0.39, 0.29) is 36.7 Å². The molecule has 1 aliphatic carbocycles. The molecule has 0 radical (unpaired) electrons. The van der Waals surface area contributed by atoms with Crippen LogP contribution in [0.25, 0.3) is 0 Å². The van der Waals surface area contributed by atoms with Gasteiger partial charge in [0.15, 0.2) is 17.3 Å². The van der Waals surface area contributed by atoms with Crippen molar-refractivity contribution in [3.05, 3.63) is 53.2 Å². The monoisotopic (exact) mass is 463 g/mol. The lowest BCUT2D eigenvalue weighted by atomic mass is 10.1. The number of hydrogen-bond acceptors (Lipinski definition) is 6. The van der Waals surface area contributed by atoms with Crippen LogP contribution >= 0.6 is 0 Å². The molecule has 178 valence electrons. The van der Waals surface area contributed by atoms with Crippen LogP contribution in [0.4, 0.5) is 13.6 Å². The maximum absolute atomic E-state index is 13.4. The summed E-state index contributed by atoms with van der Waals surface area (Å²) in [6.07, 6.45) is 3.32. The van der Waals surface area contributed by atoms with E-state index in [4.69, 9.17) is 9.15 Å². The standard InChI is InChI=1S/C22H27F2N5O4/c23-17-4-3-15(7-18(17)24)11-29-5-6-32-16(12-29)9-26-22(31)27-10-20-28-19(13-33-20)21(30)25-8-14-1-2-14/h3-4,7,13-14,16H,1-2,5-6,8-12H2,(H,25,30)(H2,26,27,31)/t16-/m0/s1. The molecule has 3 amide bonds. The normalized spacial score (nSPS) is 18.7. The largest absolute Gasteiger partial charge is 0.446 e. The number of morpholine rings is 1. The van der Waals surface area contributed by atoms with Gasteiger partial charge in [-0.2, -0.15) is 0 Å². The van der Waals surface area contributed by atoms with E-state index < -0.39 is 17.7 Å². The zero-order chi connectivity index (χ0) is 23.2. The Morgan fingerprint density at radius 1 is 1.12 bits per heavy atom. The van der Waals surface area contributed by atoms with Crippen molar-refractivity contribution in [2.75, 3.05) is 32.8 Å². The molecule has 33 heavy (non-hydrogen) atoms. The molecule has 3 N–H and O–H groups in total. The Balaban J connectivity index is 1.15. The first-order valence-electron chi connectivity index (χ1n) is 11.0. The van der Waals surface area contributed by atoms with E-state index >= 15 is 0 Å². The number of benzene rings is 1. The number of carbonyl (C=O) groups is 2.